The van der Waals surface area contributed by atoms with Gasteiger partial charge in [-0.1, -0.05) is 0 Å². The number of alkyl halides is 4. The molecule has 0 radical (unpaired) electrons. The number of benzene rings is 1. The molecule has 2 aromatic rings. The summed E-state index contributed by atoms with van der Waals surface area (Å²) in [4.78, 5) is 35.3. The molecule has 2 heterocycles. The number of hydrogen-bond acceptors (Lipinski definition) is 5. The van der Waals surface area contributed by atoms with E-state index in [1.165, 1.54) is 12.1 Å². The number of rotatable bonds is 5. The number of aromatic amines is 1. The molecule has 1 aromatic carbocycles. The van der Waals surface area contributed by atoms with E-state index in [2.05, 4.69) is 0 Å². The van der Waals surface area contributed by atoms with E-state index in [1.54, 1.807) is 17.1 Å². The van der Waals surface area contributed by atoms with Crippen LogP contribution in [0.2, 0.25) is 5.32 Å². The van der Waals surface area contributed by atoms with E-state index in [0.717, 1.165) is 0 Å². The van der Waals surface area contributed by atoms with E-state index in [1.807, 2.05) is 0 Å². The van der Waals surface area contributed by atoms with Crippen LogP contribution in [0.5, 0.6) is 0 Å². The molecule has 0 aliphatic carbocycles. The summed E-state index contributed by atoms with van der Waals surface area (Å²) in [6, 6.07) is 5.97. The number of ether oxygens (including phenoxy) is 1. The van der Waals surface area contributed by atoms with Crippen molar-refractivity contribution in [2.45, 2.75) is 36.4 Å². The molecule has 8 nitrogen and oxygen atoms in total. The molecule has 0 unspecified atom stereocenters. The molecule has 0 saturated carbocycles. The van der Waals surface area contributed by atoms with Crippen LogP contribution in [-0.2, 0) is 10.9 Å². The van der Waals surface area contributed by atoms with Crippen molar-refractivity contribution in [3.63, 3.8) is 0 Å². The van der Waals surface area contributed by atoms with Crippen LogP contribution < -0.4 is 15.7 Å². The molecule has 0 spiro atoms. The Morgan fingerprint density at radius 1 is 1.31 bits per heavy atom. The Labute approximate surface area is 165 Å². The van der Waals surface area contributed by atoms with Gasteiger partial charge in [0.1, 0.15) is 0 Å². The van der Waals surface area contributed by atoms with Crippen molar-refractivity contribution in [3.8, 4) is 0 Å². The Balaban J connectivity index is 1.78. The number of nitrogens with one attached hydrogen (secondary N) is 1. The number of nitro groups is 1. The molecule has 1 aromatic heterocycles. The van der Waals surface area contributed by atoms with Gasteiger partial charge in [0.15, 0.2) is 0 Å². The van der Waals surface area contributed by atoms with Crippen LogP contribution in [0.3, 0.4) is 0 Å². The molecule has 1 fully saturated rings. The number of nitrogens with zero attached hydrogens (tertiary/aromatic N) is 2. The fourth-order valence-electron chi connectivity index (χ4n) is 2.81. The van der Waals surface area contributed by atoms with Gasteiger partial charge in [-0.25, -0.2) is 0 Å². The summed E-state index contributed by atoms with van der Waals surface area (Å²) in [5.41, 5.74) is -4.44. The molecule has 0 amide bonds. The van der Waals surface area contributed by atoms with Gasteiger partial charge in [-0.15, -0.1) is 0 Å². The minimum atomic E-state index is -4.99. The summed E-state index contributed by atoms with van der Waals surface area (Å²) in [6.07, 6.45) is -9.03. The summed E-state index contributed by atoms with van der Waals surface area (Å²) in [5, 5.41) is 11.1. The number of hydrogen-bond donors (Lipinski definition) is 1. The Morgan fingerprint density at radius 2 is 2.00 bits per heavy atom. The average Bonchev–Trinajstić information content (AvgIpc) is 2.99. The summed E-state index contributed by atoms with van der Waals surface area (Å²) < 4.78 is 59.4. The molecule has 1 aliphatic rings. The monoisotopic (exact) mass is 483 g/mol. The molecule has 156 valence electrons. The third-order valence-corrected chi connectivity index (χ3v) is 6.63. The van der Waals surface area contributed by atoms with Crippen LogP contribution in [-0.4, -0.2) is 41.7 Å². The van der Waals surface area contributed by atoms with Crippen molar-refractivity contribution in [2.24, 2.45) is 0 Å². The first-order valence-corrected chi connectivity index (χ1v) is 10.2. The molecule has 3 rings (SSSR count). The molecule has 1 saturated heterocycles. The maximum atomic E-state index is 14.4. The zero-order valence-electron chi connectivity index (χ0n) is 14.4. The minimum absolute atomic E-state index is 0.0831. The predicted molar refractivity (Wildman–Crippen MR) is 93.0 cm³/mol. The van der Waals surface area contributed by atoms with E-state index in [9.17, 15) is 37.3 Å². The quantitative estimate of drug-likeness (QED) is 0.301. The van der Waals surface area contributed by atoms with Crippen LogP contribution in [0.15, 0.2) is 40.1 Å². The zero-order valence-corrected chi connectivity index (χ0v) is 16.1. The van der Waals surface area contributed by atoms with Crippen molar-refractivity contribution in [1.82, 2.24) is 9.55 Å². The Morgan fingerprint density at radius 3 is 2.66 bits per heavy atom. The molecule has 1 aliphatic heterocycles. The van der Waals surface area contributed by atoms with Crippen LogP contribution in [0, 0.1) is 10.1 Å². The second-order valence-corrected chi connectivity index (χ2v) is 8.35. The Hall–Kier alpha value is -2.50. The van der Waals surface area contributed by atoms with Crippen LogP contribution in [0.1, 0.15) is 18.2 Å². The topological polar surface area (TPSA) is 107 Å². The third-order valence-electron chi connectivity index (χ3n) is 4.21. The fourth-order valence-corrected chi connectivity index (χ4v) is 5.11. The SMILES string of the molecule is O=c1[nH]c(=O)n([C@H]2C[C@H](F)[C@@H](C[Se]c3ccccc3[N+](=O)[O-])O2)cc1C(F)(F)F. The first kappa shape index (κ1) is 21.2. The molecule has 0 bridgehead atoms. The van der Waals surface area contributed by atoms with Crippen LogP contribution in [0.4, 0.5) is 23.2 Å². The summed E-state index contributed by atoms with van der Waals surface area (Å²) >= 11 is -0.541. The summed E-state index contributed by atoms with van der Waals surface area (Å²) in [6.45, 7) is 0. The van der Waals surface area contributed by atoms with E-state index >= 15 is 0 Å². The Kier molecular flexibility index (Phi) is 5.92. The van der Waals surface area contributed by atoms with E-state index in [4.69, 9.17) is 4.74 Å². The van der Waals surface area contributed by atoms with Gasteiger partial charge in [0, 0.05) is 0 Å². The normalized spacial score (nSPS) is 22.0. The van der Waals surface area contributed by atoms with Gasteiger partial charge in [-0.05, 0) is 0 Å². The van der Waals surface area contributed by atoms with Crippen LogP contribution >= 0.6 is 0 Å². The van der Waals surface area contributed by atoms with Gasteiger partial charge in [-0.2, -0.15) is 0 Å². The molecule has 3 atom stereocenters. The molecular weight excluding hydrogens is 469 g/mol. The van der Waals surface area contributed by atoms with Crippen molar-refractivity contribution in [1.29, 1.82) is 0 Å². The van der Waals surface area contributed by atoms with Crippen molar-refractivity contribution < 1.29 is 27.2 Å². The van der Waals surface area contributed by atoms with Crippen molar-refractivity contribution in [3.05, 3.63) is 67.0 Å². The third kappa shape index (κ3) is 4.57. The van der Waals surface area contributed by atoms with E-state index < -0.39 is 61.4 Å². The van der Waals surface area contributed by atoms with Gasteiger partial charge in [0.05, 0.1) is 0 Å². The second kappa shape index (κ2) is 8.09. The van der Waals surface area contributed by atoms with Crippen LogP contribution in [0.25, 0.3) is 0 Å². The van der Waals surface area contributed by atoms with Gasteiger partial charge in [-0.3, -0.25) is 0 Å². The number of halogens is 4. The summed E-state index contributed by atoms with van der Waals surface area (Å²) in [7, 11) is 0. The number of aromatic nitrogens is 2. The first-order chi connectivity index (χ1) is 13.6. The number of H-pyrrole nitrogens is 1. The predicted octanol–water partition coefficient (Wildman–Crippen LogP) is 1.54. The second-order valence-electron chi connectivity index (χ2n) is 6.12. The number of nitro benzene ring substituents is 1. The van der Waals surface area contributed by atoms with Crippen molar-refractivity contribution >= 4 is 25.1 Å². The summed E-state index contributed by atoms with van der Waals surface area (Å²) in [5.74, 6) is 0. The Bertz CT molecular complexity index is 1040. The van der Waals surface area contributed by atoms with Gasteiger partial charge < -0.3 is 0 Å². The van der Waals surface area contributed by atoms with Gasteiger partial charge in [0.2, 0.25) is 0 Å². The number of para-hydroxylation sites is 1. The molecule has 29 heavy (non-hydrogen) atoms. The standard InChI is InChI=1S/C16H13F4N3O5Se/c17-9-5-13(22-6-8(16(18,19)20)14(24)21-15(22)25)28-11(9)7-29-12-4-2-1-3-10(12)23(26)27/h1-4,6,9,11,13H,5,7H2,(H,21,24,25)/t9-,11+,13+/m0/s1. The van der Waals surface area contributed by atoms with Crippen molar-refractivity contribution in [2.75, 3.05) is 0 Å². The molecule has 13 heteroatoms. The molecular formula is C16H13F4N3O5Se. The molecule has 1 N–H and O–H groups in total. The first-order valence-electron chi connectivity index (χ1n) is 8.16. The fraction of sp³-hybridized carbons (Fsp3) is 0.375. The maximum absolute atomic E-state index is 14.4. The van der Waals surface area contributed by atoms with Gasteiger partial charge >= 0.3 is 165 Å². The van der Waals surface area contributed by atoms with E-state index in [0.29, 0.717) is 15.2 Å². The zero-order chi connectivity index (χ0) is 21.3. The van der Waals surface area contributed by atoms with E-state index in [-0.39, 0.29) is 17.4 Å². The van der Waals surface area contributed by atoms with Gasteiger partial charge in [0.25, 0.3) is 0 Å². The average molecular weight is 482 g/mol.